The summed E-state index contributed by atoms with van der Waals surface area (Å²) in [6, 6.07) is 0. The number of esters is 2. The van der Waals surface area contributed by atoms with Gasteiger partial charge in [-0.15, -0.1) is 0 Å². The minimum Gasteiger partial charge on any atom is -0.462 e. The van der Waals surface area contributed by atoms with Gasteiger partial charge in [-0.1, -0.05) is 40.9 Å². The second kappa shape index (κ2) is 19.1. The first-order valence-electron chi connectivity index (χ1n) is 9.92. The van der Waals surface area contributed by atoms with Gasteiger partial charge in [0.2, 0.25) is 0 Å². The van der Waals surface area contributed by atoms with Gasteiger partial charge in [0, 0.05) is 24.7 Å². The minimum atomic E-state index is -0.334. The first-order chi connectivity index (χ1) is 12.9. The summed E-state index contributed by atoms with van der Waals surface area (Å²) in [4.78, 5) is 26.2. The van der Waals surface area contributed by atoms with Crippen molar-refractivity contribution in [3.63, 3.8) is 0 Å². The number of hydrogen-bond acceptors (Lipinski definition) is 6. The van der Waals surface area contributed by atoms with Gasteiger partial charge in [-0.05, 0) is 45.9 Å². The van der Waals surface area contributed by atoms with Crippen molar-refractivity contribution in [1.82, 2.24) is 9.80 Å². The van der Waals surface area contributed by atoms with Crippen LogP contribution in [0, 0.1) is 0 Å². The molecule has 6 heteroatoms. The van der Waals surface area contributed by atoms with Crippen molar-refractivity contribution in [2.24, 2.45) is 0 Å². The molecule has 27 heavy (non-hydrogen) atoms. The molecular formula is C21H40N2O4. The summed E-state index contributed by atoms with van der Waals surface area (Å²) in [5.41, 5.74) is 0.466. The first-order valence-corrected chi connectivity index (χ1v) is 9.92. The van der Waals surface area contributed by atoms with E-state index in [-0.39, 0.29) is 11.9 Å². The number of rotatable bonds is 14. The minimum absolute atomic E-state index is 0.287. The van der Waals surface area contributed by atoms with Crippen molar-refractivity contribution in [2.75, 3.05) is 52.5 Å². The van der Waals surface area contributed by atoms with Crippen LogP contribution in [0.3, 0.4) is 0 Å². The Hall–Kier alpha value is -1.66. The zero-order valence-electron chi connectivity index (χ0n) is 18.1. The zero-order chi connectivity index (χ0) is 21.1. The second-order valence-electron chi connectivity index (χ2n) is 6.05. The van der Waals surface area contributed by atoms with E-state index in [4.69, 9.17) is 9.47 Å². The smallest absolute Gasteiger partial charge is 0.333 e. The standard InChI is InChI=1S/C11H21NO2.C10H19NO2/c1-5-12(6-2)8-7-9-14-11(13)10(3)4;1-4-10(12)13-9-7-8-11(5-2)6-3/h3,5-9H2,1-2,4H3;4H,1,5-9H2,2-3H3. The molecule has 158 valence electrons. The van der Waals surface area contributed by atoms with Crippen molar-refractivity contribution >= 4 is 11.9 Å². The molecule has 0 aromatic carbocycles. The highest BCUT2D eigenvalue weighted by Gasteiger charge is 2.03. The van der Waals surface area contributed by atoms with E-state index in [9.17, 15) is 9.59 Å². The maximum Gasteiger partial charge on any atom is 0.333 e. The molecule has 0 aliphatic heterocycles. The van der Waals surface area contributed by atoms with Crippen molar-refractivity contribution in [3.05, 3.63) is 24.8 Å². The molecule has 0 aromatic heterocycles. The average molecular weight is 385 g/mol. The third kappa shape index (κ3) is 17.5. The summed E-state index contributed by atoms with van der Waals surface area (Å²) >= 11 is 0. The molecule has 0 rings (SSSR count). The Labute approximate surface area is 166 Å². The largest absolute Gasteiger partial charge is 0.462 e. The van der Waals surface area contributed by atoms with Gasteiger partial charge in [-0.25, -0.2) is 9.59 Å². The quantitative estimate of drug-likeness (QED) is 0.260. The van der Waals surface area contributed by atoms with Gasteiger partial charge in [0.05, 0.1) is 13.2 Å². The lowest BCUT2D eigenvalue weighted by atomic mass is 10.3. The molecule has 0 amide bonds. The Morgan fingerprint density at radius 1 is 0.852 bits per heavy atom. The third-order valence-electron chi connectivity index (χ3n) is 4.02. The van der Waals surface area contributed by atoms with Crippen molar-refractivity contribution in [1.29, 1.82) is 0 Å². The Kier molecular flexibility index (Phi) is 19.5. The van der Waals surface area contributed by atoms with Crippen LogP contribution in [0.5, 0.6) is 0 Å². The van der Waals surface area contributed by atoms with Gasteiger partial charge < -0.3 is 19.3 Å². The molecule has 0 atom stereocenters. The maximum absolute atomic E-state index is 11.0. The number of carbonyl (C=O) groups is 2. The summed E-state index contributed by atoms with van der Waals surface area (Å²) in [6.45, 7) is 24.1. The molecule has 0 fully saturated rings. The van der Waals surface area contributed by atoms with Crippen LogP contribution in [0.1, 0.15) is 47.5 Å². The summed E-state index contributed by atoms with van der Waals surface area (Å²) in [7, 11) is 0. The fourth-order valence-corrected chi connectivity index (χ4v) is 2.18. The van der Waals surface area contributed by atoms with E-state index in [1.54, 1.807) is 6.92 Å². The molecule has 0 unspecified atom stereocenters. The van der Waals surface area contributed by atoms with Crippen LogP contribution in [-0.4, -0.2) is 74.2 Å². The van der Waals surface area contributed by atoms with Gasteiger partial charge in [-0.2, -0.15) is 0 Å². The monoisotopic (exact) mass is 384 g/mol. The normalized spacial score (nSPS) is 10.2. The van der Waals surface area contributed by atoms with Crippen LogP contribution >= 0.6 is 0 Å². The molecule has 0 aliphatic carbocycles. The summed E-state index contributed by atoms with van der Waals surface area (Å²) < 4.78 is 9.82. The molecule has 0 saturated carbocycles. The van der Waals surface area contributed by atoms with Gasteiger partial charge in [0.15, 0.2) is 0 Å². The van der Waals surface area contributed by atoms with E-state index in [1.165, 1.54) is 6.08 Å². The van der Waals surface area contributed by atoms with Gasteiger partial charge in [-0.3, -0.25) is 0 Å². The van der Waals surface area contributed by atoms with E-state index in [1.807, 2.05) is 0 Å². The summed E-state index contributed by atoms with van der Waals surface area (Å²) in [6.07, 6.45) is 2.97. The van der Waals surface area contributed by atoms with E-state index in [0.29, 0.717) is 18.8 Å². The van der Waals surface area contributed by atoms with Gasteiger partial charge >= 0.3 is 11.9 Å². The molecule has 0 aromatic rings. The molecule has 0 bridgehead atoms. The third-order valence-corrected chi connectivity index (χ3v) is 4.02. The number of carbonyl (C=O) groups excluding carboxylic acids is 2. The van der Waals surface area contributed by atoms with Gasteiger partial charge in [0.1, 0.15) is 0 Å². The van der Waals surface area contributed by atoms with Crippen LogP contribution in [0.25, 0.3) is 0 Å². The Morgan fingerprint density at radius 2 is 1.26 bits per heavy atom. The molecule has 6 nitrogen and oxygen atoms in total. The van der Waals surface area contributed by atoms with E-state index in [0.717, 1.165) is 52.1 Å². The van der Waals surface area contributed by atoms with Crippen LogP contribution in [-0.2, 0) is 19.1 Å². The molecule has 0 saturated heterocycles. The number of nitrogens with zero attached hydrogens (tertiary/aromatic N) is 2. The summed E-state index contributed by atoms with van der Waals surface area (Å²) in [5.74, 6) is -0.621. The topological polar surface area (TPSA) is 59.1 Å². The molecule has 0 radical (unpaired) electrons. The highest BCUT2D eigenvalue weighted by molar-refractivity contribution is 5.86. The van der Waals surface area contributed by atoms with Crippen molar-refractivity contribution in [3.8, 4) is 0 Å². The van der Waals surface area contributed by atoms with E-state index in [2.05, 4.69) is 50.7 Å². The Balaban J connectivity index is 0. The lowest BCUT2D eigenvalue weighted by Crippen LogP contribution is -2.25. The predicted octanol–water partition coefficient (Wildman–Crippen LogP) is 3.29. The average Bonchev–Trinajstić information content (AvgIpc) is 2.68. The number of ether oxygens (including phenoxy) is 2. The SMILES string of the molecule is C=C(C)C(=O)OCCCN(CC)CC.C=CC(=O)OCCCN(CC)CC. The first kappa shape index (κ1) is 27.6. The van der Waals surface area contributed by atoms with Crippen LogP contribution in [0.4, 0.5) is 0 Å². The Morgan fingerprint density at radius 3 is 1.59 bits per heavy atom. The van der Waals surface area contributed by atoms with Crippen LogP contribution in [0.2, 0.25) is 0 Å². The van der Waals surface area contributed by atoms with Crippen LogP contribution < -0.4 is 0 Å². The fourth-order valence-electron chi connectivity index (χ4n) is 2.18. The molecular weight excluding hydrogens is 344 g/mol. The van der Waals surface area contributed by atoms with Crippen molar-refractivity contribution < 1.29 is 19.1 Å². The fraction of sp³-hybridized carbons (Fsp3) is 0.714. The molecule has 0 aliphatic rings. The second-order valence-corrected chi connectivity index (χ2v) is 6.05. The lowest BCUT2D eigenvalue weighted by Gasteiger charge is -2.17. The van der Waals surface area contributed by atoms with E-state index >= 15 is 0 Å². The highest BCUT2D eigenvalue weighted by Crippen LogP contribution is 1.95. The molecule has 0 spiro atoms. The zero-order valence-corrected chi connectivity index (χ0v) is 18.1. The number of hydrogen-bond donors (Lipinski definition) is 0. The molecule has 0 heterocycles. The predicted molar refractivity (Wildman–Crippen MR) is 112 cm³/mol. The van der Waals surface area contributed by atoms with E-state index < -0.39 is 0 Å². The summed E-state index contributed by atoms with van der Waals surface area (Å²) in [5, 5.41) is 0. The molecule has 0 N–H and O–H groups in total. The van der Waals surface area contributed by atoms with Crippen LogP contribution in [0.15, 0.2) is 24.8 Å². The maximum atomic E-state index is 11.0. The lowest BCUT2D eigenvalue weighted by molar-refractivity contribution is -0.139. The van der Waals surface area contributed by atoms with Gasteiger partial charge in [0.25, 0.3) is 0 Å². The Bertz CT molecular complexity index is 416. The van der Waals surface area contributed by atoms with Crippen molar-refractivity contribution in [2.45, 2.75) is 47.5 Å². The highest BCUT2D eigenvalue weighted by atomic mass is 16.5.